The fraction of sp³-hybridized carbons (Fsp3) is 1.00. The van der Waals surface area contributed by atoms with Crippen LogP contribution in [0, 0.1) is 11.8 Å². The Balaban J connectivity index is 1.55. The van der Waals surface area contributed by atoms with E-state index < -0.39 is 0 Å². The van der Waals surface area contributed by atoms with E-state index in [-0.39, 0.29) is 0 Å². The van der Waals surface area contributed by atoms with Gasteiger partial charge in [-0.1, -0.05) is 12.8 Å². The standard InChI is InChI=1S/C15H28N2/c1-16-15(8-5-11-3-4-11)12-9-13-6-7-14(10-12)17(13)2/h11-16H,3-10H2,1-2H3. The van der Waals surface area contributed by atoms with Gasteiger partial charge in [0.25, 0.3) is 0 Å². The molecule has 0 aromatic carbocycles. The molecule has 1 aliphatic carbocycles. The predicted molar refractivity (Wildman–Crippen MR) is 72.1 cm³/mol. The summed E-state index contributed by atoms with van der Waals surface area (Å²) in [6, 6.07) is 2.60. The Kier molecular flexibility index (Phi) is 3.45. The summed E-state index contributed by atoms with van der Waals surface area (Å²) in [6.45, 7) is 0. The van der Waals surface area contributed by atoms with E-state index >= 15 is 0 Å². The van der Waals surface area contributed by atoms with Crippen molar-refractivity contribution in [1.82, 2.24) is 10.2 Å². The van der Waals surface area contributed by atoms with Crippen molar-refractivity contribution in [1.29, 1.82) is 0 Å². The van der Waals surface area contributed by atoms with Crippen LogP contribution in [0.25, 0.3) is 0 Å². The van der Waals surface area contributed by atoms with Gasteiger partial charge < -0.3 is 10.2 Å². The average molecular weight is 236 g/mol. The van der Waals surface area contributed by atoms with E-state index in [0.29, 0.717) is 0 Å². The van der Waals surface area contributed by atoms with Gasteiger partial charge in [-0.2, -0.15) is 0 Å². The van der Waals surface area contributed by atoms with Crippen LogP contribution < -0.4 is 5.32 Å². The van der Waals surface area contributed by atoms with Gasteiger partial charge in [-0.05, 0) is 64.5 Å². The van der Waals surface area contributed by atoms with Crippen LogP contribution >= 0.6 is 0 Å². The van der Waals surface area contributed by atoms with E-state index in [9.17, 15) is 0 Å². The Hall–Kier alpha value is -0.0800. The highest BCUT2D eigenvalue weighted by molar-refractivity contribution is 4.96. The van der Waals surface area contributed by atoms with Gasteiger partial charge in [0.15, 0.2) is 0 Å². The SMILES string of the molecule is CNC(CCC1CC1)C1CC2CCC(C1)N2C. The number of fused-ring (bicyclic) bond motifs is 2. The van der Waals surface area contributed by atoms with Crippen LogP contribution in [-0.2, 0) is 0 Å². The normalized spacial score (nSPS) is 39.5. The molecule has 3 atom stereocenters. The van der Waals surface area contributed by atoms with Crippen molar-refractivity contribution in [2.24, 2.45) is 11.8 Å². The van der Waals surface area contributed by atoms with Crippen LogP contribution in [0.4, 0.5) is 0 Å². The fourth-order valence-electron chi connectivity index (χ4n) is 4.22. The average Bonchev–Trinajstić information content (AvgIpc) is 3.11. The molecule has 98 valence electrons. The summed E-state index contributed by atoms with van der Waals surface area (Å²) in [5.41, 5.74) is 0. The molecule has 0 aromatic rings. The lowest BCUT2D eigenvalue weighted by Gasteiger charge is -2.40. The molecule has 3 aliphatic rings. The minimum absolute atomic E-state index is 0.799. The molecule has 2 heteroatoms. The summed E-state index contributed by atoms with van der Waals surface area (Å²) in [4.78, 5) is 2.66. The van der Waals surface area contributed by atoms with Crippen molar-refractivity contribution in [3.63, 3.8) is 0 Å². The van der Waals surface area contributed by atoms with Gasteiger partial charge in [0, 0.05) is 18.1 Å². The number of hydrogen-bond acceptors (Lipinski definition) is 2. The van der Waals surface area contributed by atoms with Crippen molar-refractivity contribution in [3.8, 4) is 0 Å². The number of rotatable bonds is 5. The van der Waals surface area contributed by atoms with Crippen LogP contribution in [0.15, 0.2) is 0 Å². The summed E-state index contributed by atoms with van der Waals surface area (Å²) in [5.74, 6) is 2.04. The third kappa shape index (κ3) is 2.53. The number of nitrogens with one attached hydrogen (secondary N) is 1. The second-order valence-corrected chi connectivity index (χ2v) is 6.70. The first-order valence-corrected chi connectivity index (χ1v) is 7.67. The molecule has 2 heterocycles. The second-order valence-electron chi connectivity index (χ2n) is 6.70. The minimum atomic E-state index is 0.799. The van der Waals surface area contributed by atoms with Crippen LogP contribution in [0.2, 0.25) is 0 Å². The monoisotopic (exact) mass is 236 g/mol. The maximum atomic E-state index is 3.62. The molecular weight excluding hydrogens is 208 g/mol. The molecule has 0 spiro atoms. The van der Waals surface area contributed by atoms with E-state index in [0.717, 1.165) is 30.0 Å². The Morgan fingerprint density at radius 2 is 1.76 bits per heavy atom. The summed E-state index contributed by atoms with van der Waals surface area (Å²) in [6.07, 6.45) is 11.7. The van der Waals surface area contributed by atoms with Gasteiger partial charge in [-0.3, -0.25) is 0 Å². The first-order chi connectivity index (χ1) is 8.28. The minimum Gasteiger partial charge on any atom is -0.317 e. The van der Waals surface area contributed by atoms with Crippen molar-refractivity contribution < 1.29 is 0 Å². The van der Waals surface area contributed by atoms with Crippen molar-refractivity contribution in [3.05, 3.63) is 0 Å². The lowest BCUT2D eigenvalue weighted by atomic mass is 9.83. The predicted octanol–water partition coefficient (Wildman–Crippen LogP) is 2.64. The van der Waals surface area contributed by atoms with Gasteiger partial charge in [-0.15, -0.1) is 0 Å². The third-order valence-corrected chi connectivity index (χ3v) is 5.66. The Morgan fingerprint density at radius 3 is 2.29 bits per heavy atom. The van der Waals surface area contributed by atoms with Gasteiger partial charge >= 0.3 is 0 Å². The topological polar surface area (TPSA) is 15.3 Å². The molecule has 2 saturated heterocycles. The first kappa shape index (κ1) is 12.0. The maximum Gasteiger partial charge on any atom is 0.00989 e. The molecule has 3 rings (SSSR count). The highest BCUT2D eigenvalue weighted by atomic mass is 15.2. The van der Waals surface area contributed by atoms with Crippen LogP contribution in [0.3, 0.4) is 0 Å². The summed E-state index contributed by atoms with van der Waals surface area (Å²) < 4.78 is 0. The number of hydrogen-bond donors (Lipinski definition) is 1. The molecule has 2 bridgehead atoms. The zero-order valence-electron chi connectivity index (χ0n) is 11.5. The van der Waals surface area contributed by atoms with E-state index in [1.165, 1.54) is 51.4 Å². The molecule has 0 aromatic heterocycles. The first-order valence-electron chi connectivity index (χ1n) is 7.67. The number of nitrogens with zero attached hydrogens (tertiary/aromatic N) is 1. The van der Waals surface area contributed by atoms with E-state index in [1.807, 2.05) is 0 Å². The Bertz CT molecular complexity index is 248. The quantitative estimate of drug-likeness (QED) is 0.789. The maximum absolute atomic E-state index is 3.62. The molecule has 3 fully saturated rings. The largest absolute Gasteiger partial charge is 0.317 e. The van der Waals surface area contributed by atoms with Crippen LogP contribution in [-0.4, -0.2) is 37.1 Å². The van der Waals surface area contributed by atoms with E-state index in [1.54, 1.807) is 0 Å². The summed E-state index contributed by atoms with van der Waals surface area (Å²) >= 11 is 0. The molecular formula is C15H28N2. The highest BCUT2D eigenvalue weighted by Gasteiger charge is 2.40. The molecule has 0 amide bonds. The Morgan fingerprint density at radius 1 is 1.12 bits per heavy atom. The zero-order valence-corrected chi connectivity index (χ0v) is 11.5. The van der Waals surface area contributed by atoms with Crippen molar-refractivity contribution >= 4 is 0 Å². The fourth-order valence-corrected chi connectivity index (χ4v) is 4.22. The molecule has 17 heavy (non-hydrogen) atoms. The molecule has 1 N–H and O–H groups in total. The van der Waals surface area contributed by atoms with Gasteiger partial charge in [0.1, 0.15) is 0 Å². The van der Waals surface area contributed by atoms with Gasteiger partial charge in [-0.25, -0.2) is 0 Å². The zero-order chi connectivity index (χ0) is 11.8. The summed E-state index contributed by atoms with van der Waals surface area (Å²) in [5, 5.41) is 3.62. The molecule has 0 radical (unpaired) electrons. The smallest absolute Gasteiger partial charge is 0.00989 e. The lowest BCUT2D eigenvalue weighted by Crippen LogP contribution is -2.46. The Labute approximate surface area is 106 Å². The second kappa shape index (κ2) is 4.89. The molecule has 3 unspecified atom stereocenters. The van der Waals surface area contributed by atoms with Gasteiger partial charge in [0.05, 0.1) is 0 Å². The molecule has 1 saturated carbocycles. The molecule has 2 aliphatic heterocycles. The van der Waals surface area contributed by atoms with Gasteiger partial charge in [0.2, 0.25) is 0 Å². The number of piperidine rings is 1. The summed E-state index contributed by atoms with van der Waals surface area (Å²) in [7, 11) is 4.52. The molecule has 2 nitrogen and oxygen atoms in total. The van der Waals surface area contributed by atoms with Crippen molar-refractivity contribution in [2.45, 2.75) is 69.5 Å². The van der Waals surface area contributed by atoms with Crippen molar-refractivity contribution in [2.75, 3.05) is 14.1 Å². The lowest BCUT2D eigenvalue weighted by molar-refractivity contribution is 0.111. The van der Waals surface area contributed by atoms with E-state index in [4.69, 9.17) is 0 Å². The van der Waals surface area contributed by atoms with Crippen LogP contribution in [0.5, 0.6) is 0 Å². The van der Waals surface area contributed by atoms with E-state index in [2.05, 4.69) is 24.3 Å². The van der Waals surface area contributed by atoms with Crippen LogP contribution in [0.1, 0.15) is 51.4 Å². The highest BCUT2D eigenvalue weighted by Crippen LogP contribution is 2.40. The third-order valence-electron chi connectivity index (χ3n) is 5.66.